The average molecular weight is 325 g/mol. The number of aliphatic hydroxyl groups excluding tert-OH is 1. The molecule has 0 aromatic rings. The molecule has 2 atom stereocenters. The molecule has 1 aliphatic heterocycles. The first-order chi connectivity index (χ1) is 11.0. The van der Waals surface area contributed by atoms with E-state index in [1.807, 2.05) is 0 Å². The molecule has 1 aliphatic carbocycles. The maximum atomic E-state index is 12.1. The Balaban J connectivity index is 2.56. The molecule has 1 N–H and O–H groups in total. The van der Waals surface area contributed by atoms with Crippen LogP contribution in [0.1, 0.15) is 19.3 Å². The van der Waals surface area contributed by atoms with E-state index >= 15 is 0 Å². The predicted octanol–water partition coefficient (Wildman–Crippen LogP) is -0.128. The maximum absolute atomic E-state index is 12.1. The molecule has 0 radical (unpaired) electrons. The van der Waals surface area contributed by atoms with Gasteiger partial charge >= 0.3 is 11.9 Å². The summed E-state index contributed by atoms with van der Waals surface area (Å²) < 4.78 is 14.5. The summed E-state index contributed by atoms with van der Waals surface area (Å²) in [6.45, 7) is 0. The summed E-state index contributed by atoms with van der Waals surface area (Å²) in [5.41, 5.74) is -0.202. The lowest BCUT2D eigenvalue weighted by Crippen LogP contribution is -2.43. The normalized spacial score (nSPS) is 24.4. The molecule has 23 heavy (non-hydrogen) atoms. The summed E-state index contributed by atoms with van der Waals surface area (Å²) in [6, 6.07) is -0.610. The second kappa shape index (κ2) is 6.82. The van der Waals surface area contributed by atoms with Gasteiger partial charge in [0.25, 0.3) is 0 Å². The van der Waals surface area contributed by atoms with Gasteiger partial charge in [-0.3, -0.25) is 4.79 Å². The number of esters is 2. The van der Waals surface area contributed by atoms with Crippen LogP contribution >= 0.6 is 0 Å². The number of Topliss-reactive ketones (excluding diaryl/α,β-unsaturated/α-hetero) is 1. The van der Waals surface area contributed by atoms with Crippen molar-refractivity contribution in [1.29, 1.82) is 0 Å². The molecule has 0 spiro atoms. The van der Waals surface area contributed by atoms with E-state index in [1.165, 1.54) is 32.4 Å². The number of hydrogen-bond acceptors (Lipinski definition) is 8. The van der Waals surface area contributed by atoms with Crippen LogP contribution in [0.4, 0.5) is 0 Å². The van der Waals surface area contributed by atoms with Gasteiger partial charge in [0.1, 0.15) is 6.10 Å². The fraction of sp³-hybridized carbons (Fsp3) is 0.533. The Morgan fingerprint density at radius 2 is 1.87 bits per heavy atom. The minimum absolute atomic E-state index is 0.0567. The van der Waals surface area contributed by atoms with E-state index in [9.17, 15) is 19.5 Å². The number of hydrogen-bond donors (Lipinski definition) is 1. The zero-order valence-corrected chi connectivity index (χ0v) is 13.2. The molecular weight excluding hydrogens is 306 g/mol. The monoisotopic (exact) mass is 325 g/mol. The van der Waals surface area contributed by atoms with E-state index < -0.39 is 24.1 Å². The highest BCUT2D eigenvalue weighted by atomic mass is 16.5. The number of carbonyl (C=O) groups is 3. The highest BCUT2D eigenvalue weighted by Crippen LogP contribution is 2.33. The summed E-state index contributed by atoms with van der Waals surface area (Å²) in [5, 5.41) is 10.3. The Kier molecular flexibility index (Phi) is 5.05. The smallest absolute Gasteiger partial charge is 0.358 e. The Hall–Kier alpha value is -2.35. The van der Waals surface area contributed by atoms with Crippen molar-refractivity contribution in [3.63, 3.8) is 0 Å². The molecule has 1 fully saturated rings. The van der Waals surface area contributed by atoms with Crippen LogP contribution in [0, 0.1) is 0 Å². The van der Waals surface area contributed by atoms with Crippen LogP contribution in [0.25, 0.3) is 0 Å². The molecule has 1 unspecified atom stereocenters. The summed E-state index contributed by atoms with van der Waals surface area (Å²) >= 11 is 0. The number of rotatable bonds is 4. The van der Waals surface area contributed by atoms with Gasteiger partial charge < -0.3 is 24.2 Å². The topological polar surface area (TPSA) is 102 Å². The van der Waals surface area contributed by atoms with Crippen molar-refractivity contribution in [3.8, 4) is 0 Å². The Bertz CT molecular complexity index is 593. The number of ketones is 1. The van der Waals surface area contributed by atoms with Gasteiger partial charge in [0, 0.05) is 12.6 Å². The minimum Gasteiger partial charge on any atom is -0.495 e. The third-order valence-corrected chi connectivity index (χ3v) is 3.94. The quantitative estimate of drug-likeness (QED) is 0.713. The molecule has 8 heteroatoms. The zero-order valence-electron chi connectivity index (χ0n) is 13.2. The van der Waals surface area contributed by atoms with Crippen molar-refractivity contribution < 1.29 is 33.7 Å². The second-order valence-electron chi connectivity index (χ2n) is 5.17. The Labute approximate surface area is 133 Å². The lowest BCUT2D eigenvalue weighted by Gasteiger charge is -2.34. The number of methoxy groups -OCH3 is 3. The first-order valence-corrected chi connectivity index (χ1v) is 7.11. The highest BCUT2D eigenvalue weighted by Gasteiger charge is 2.42. The number of ether oxygens (including phenoxy) is 3. The van der Waals surface area contributed by atoms with Crippen LogP contribution < -0.4 is 0 Å². The van der Waals surface area contributed by atoms with Crippen molar-refractivity contribution in [3.05, 3.63) is 23.2 Å². The van der Waals surface area contributed by atoms with Crippen LogP contribution in [-0.2, 0) is 28.6 Å². The molecule has 0 aromatic carbocycles. The third kappa shape index (κ3) is 2.94. The van der Waals surface area contributed by atoms with Crippen molar-refractivity contribution >= 4 is 17.7 Å². The molecule has 0 bridgehead atoms. The minimum atomic E-state index is -1.48. The van der Waals surface area contributed by atoms with E-state index in [0.717, 1.165) is 0 Å². The van der Waals surface area contributed by atoms with Crippen molar-refractivity contribution in [1.82, 2.24) is 4.90 Å². The number of aliphatic hydroxyl groups is 1. The van der Waals surface area contributed by atoms with Crippen LogP contribution in [0.5, 0.6) is 0 Å². The summed E-state index contributed by atoms with van der Waals surface area (Å²) in [6.07, 6.45) is 1.38. The molecule has 1 heterocycles. The third-order valence-electron chi connectivity index (χ3n) is 3.94. The van der Waals surface area contributed by atoms with Gasteiger partial charge in [-0.2, -0.15) is 0 Å². The van der Waals surface area contributed by atoms with Crippen molar-refractivity contribution in [2.24, 2.45) is 0 Å². The van der Waals surface area contributed by atoms with Crippen LogP contribution in [0.3, 0.4) is 0 Å². The Morgan fingerprint density at radius 1 is 1.22 bits per heavy atom. The van der Waals surface area contributed by atoms with Gasteiger partial charge in [-0.25, -0.2) is 9.59 Å². The van der Waals surface area contributed by atoms with Crippen molar-refractivity contribution in [2.45, 2.75) is 31.4 Å². The fourth-order valence-electron chi connectivity index (χ4n) is 2.81. The predicted molar refractivity (Wildman–Crippen MR) is 76.6 cm³/mol. The molecule has 0 amide bonds. The lowest BCUT2D eigenvalue weighted by atomic mass is 10.0. The van der Waals surface area contributed by atoms with Crippen LogP contribution in [-0.4, -0.2) is 61.2 Å². The maximum Gasteiger partial charge on any atom is 0.358 e. The number of nitrogens with zero attached hydrogens (tertiary/aromatic N) is 1. The summed E-state index contributed by atoms with van der Waals surface area (Å²) in [5.74, 6) is -1.75. The van der Waals surface area contributed by atoms with Gasteiger partial charge in [-0.15, -0.1) is 0 Å². The summed E-state index contributed by atoms with van der Waals surface area (Å²) in [4.78, 5) is 37.4. The molecular formula is C15H19NO7. The highest BCUT2D eigenvalue weighted by molar-refractivity contribution is 5.96. The van der Waals surface area contributed by atoms with E-state index in [4.69, 9.17) is 9.47 Å². The Morgan fingerprint density at radius 3 is 2.35 bits per heavy atom. The van der Waals surface area contributed by atoms with Gasteiger partial charge in [0.05, 0.1) is 32.9 Å². The van der Waals surface area contributed by atoms with Crippen LogP contribution in [0.15, 0.2) is 23.2 Å². The largest absolute Gasteiger partial charge is 0.495 e. The van der Waals surface area contributed by atoms with E-state index in [-0.39, 0.29) is 22.8 Å². The fourth-order valence-corrected chi connectivity index (χ4v) is 2.81. The van der Waals surface area contributed by atoms with E-state index in [0.29, 0.717) is 19.3 Å². The first-order valence-electron chi connectivity index (χ1n) is 7.11. The van der Waals surface area contributed by atoms with Crippen molar-refractivity contribution in [2.75, 3.05) is 21.3 Å². The molecule has 8 nitrogen and oxygen atoms in total. The van der Waals surface area contributed by atoms with E-state index in [1.54, 1.807) is 0 Å². The van der Waals surface area contributed by atoms with Gasteiger partial charge in [-0.05, 0) is 12.8 Å². The zero-order chi connectivity index (χ0) is 17.1. The van der Waals surface area contributed by atoms with Gasteiger partial charge in [0.2, 0.25) is 0 Å². The molecule has 0 aromatic heterocycles. The summed E-state index contributed by atoms with van der Waals surface area (Å²) in [7, 11) is 3.62. The average Bonchev–Trinajstić information content (AvgIpc) is 2.98. The standard InChI is InChI=1S/C15H19NO7/c1-21-13-11(15(20)23-3)16(9-5-4-6-10(9)17)7-8(12(13)18)14(19)22-2/h7,9,12,18H,4-6H2,1-3H3/t9-,12?/m0/s1. The van der Waals surface area contributed by atoms with Gasteiger partial charge in [-0.1, -0.05) is 0 Å². The lowest BCUT2D eigenvalue weighted by molar-refractivity contribution is -0.141. The number of carbonyl (C=O) groups excluding carboxylic acids is 3. The molecule has 2 aliphatic rings. The van der Waals surface area contributed by atoms with Gasteiger partial charge in [0.15, 0.2) is 17.2 Å². The van der Waals surface area contributed by atoms with E-state index in [2.05, 4.69) is 4.74 Å². The SMILES string of the molecule is COC(=O)C1=CN([C@H]2CCCC2=O)C(C(=O)OC)=C(OC)C1O. The molecule has 2 rings (SSSR count). The second-order valence-corrected chi connectivity index (χ2v) is 5.17. The molecule has 126 valence electrons. The van der Waals surface area contributed by atoms with Crippen LogP contribution in [0.2, 0.25) is 0 Å². The molecule has 0 saturated heterocycles. The first kappa shape index (κ1) is 17.0. The molecule has 1 saturated carbocycles.